The molecule has 2 rings (SSSR count). The number of nitrogens with one attached hydrogen (secondary N) is 1. The molecule has 0 spiro atoms. The van der Waals surface area contributed by atoms with E-state index in [1.165, 1.54) is 11.8 Å². The third-order valence-electron chi connectivity index (χ3n) is 3.42. The summed E-state index contributed by atoms with van der Waals surface area (Å²) in [6.07, 6.45) is 3.67. The highest BCUT2D eigenvalue weighted by Crippen LogP contribution is 2.21. The molecule has 0 aliphatic rings. The van der Waals surface area contributed by atoms with Crippen LogP contribution in [0.3, 0.4) is 0 Å². The first-order chi connectivity index (χ1) is 12.1. The van der Waals surface area contributed by atoms with Gasteiger partial charge in [0.2, 0.25) is 0 Å². The predicted octanol–water partition coefficient (Wildman–Crippen LogP) is 3.94. The lowest BCUT2D eigenvalue weighted by molar-refractivity contribution is -0.123. The molecule has 25 heavy (non-hydrogen) atoms. The van der Waals surface area contributed by atoms with Crippen molar-refractivity contribution in [2.24, 2.45) is 5.10 Å². The van der Waals surface area contributed by atoms with Crippen LogP contribution in [-0.4, -0.2) is 25.8 Å². The topological polar surface area (TPSA) is 59.9 Å². The van der Waals surface area contributed by atoms with Gasteiger partial charge >= 0.3 is 0 Å². The van der Waals surface area contributed by atoms with Crippen molar-refractivity contribution >= 4 is 28.1 Å². The van der Waals surface area contributed by atoms with E-state index in [0.29, 0.717) is 11.5 Å². The zero-order chi connectivity index (χ0) is 18.1. The summed E-state index contributed by atoms with van der Waals surface area (Å²) in [5.41, 5.74) is 4.45. The van der Waals surface area contributed by atoms with E-state index in [4.69, 9.17) is 9.47 Å². The van der Waals surface area contributed by atoms with Gasteiger partial charge < -0.3 is 9.47 Å². The minimum Gasteiger partial charge on any atom is -0.496 e. The number of nitrogens with zero attached hydrogens (tertiary/aromatic N) is 1. The molecule has 0 fully saturated rings. The van der Waals surface area contributed by atoms with Crippen LogP contribution in [0.15, 0.2) is 52.0 Å². The summed E-state index contributed by atoms with van der Waals surface area (Å²) in [6.45, 7) is 2.04. The van der Waals surface area contributed by atoms with Crippen LogP contribution in [0.2, 0.25) is 0 Å². The van der Waals surface area contributed by atoms with Gasteiger partial charge in [0.25, 0.3) is 5.91 Å². The van der Waals surface area contributed by atoms with E-state index in [0.717, 1.165) is 22.9 Å². The molecule has 0 aliphatic carbocycles. The molecule has 5 nitrogen and oxygen atoms in total. The van der Waals surface area contributed by atoms with Crippen LogP contribution >= 0.6 is 15.9 Å². The number of methoxy groups -OCH3 is 1. The van der Waals surface area contributed by atoms with Gasteiger partial charge in [0.05, 0.1) is 13.3 Å². The Hall–Kier alpha value is -2.34. The smallest absolute Gasteiger partial charge is 0.277 e. The van der Waals surface area contributed by atoms with Crippen molar-refractivity contribution in [1.29, 1.82) is 0 Å². The molecule has 0 atom stereocenters. The number of ether oxygens (including phenoxy) is 2. The highest BCUT2D eigenvalue weighted by atomic mass is 79.9. The van der Waals surface area contributed by atoms with E-state index in [9.17, 15) is 4.79 Å². The Morgan fingerprint density at radius 1 is 1.24 bits per heavy atom. The summed E-state index contributed by atoms with van der Waals surface area (Å²) in [4.78, 5) is 11.8. The van der Waals surface area contributed by atoms with Gasteiger partial charge in [-0.25, -0.2) is 5.43 Å². The fourth-order valence-corrected chi connectivity index (χ4v) is 2.58. The summed E-state index contributed by atoms with van der Waals surface area (Å²) in [6, 6.07) is 13.3. The van der Waals surface area contributed by atoms with E-state index < -0.39 is 0 Å². The standard InChI is InChI=1S/C19H21BrN2O3/c1-3-4-14-5-8-17(9-6-14)25-13-19(23)22-21-12-15-11-16(20)7-10-18(15)24-2/h5-12H,3-4,13H2,1-2H3,(H,22,23)/b21-12+. The Balaban J connectivity index is 1.83. The summed E-state index contributed by atoms with van der Waals surface area (Å²) in [5, 5.41) is 3.94. The van der Waals surface area contributed by atoms with Gasteiger partial charge in [-0.2, -0.15) is 5.10 Å². The molecule has 2 aromatic carbocycles. The normalized spacial score (nSPS) is 10.7. The summed E-state index contributed by atoms with van der Waals surface area (Å²) in [5.74, 6) is 1.00. The number of hydrazone groups is 1. The molecule has 0 saturated carbocycles. The second-order valence-corrected chi connectivity index (χ2v) is 6.28. The maximum absolute atomic E-state index is 11.8. The average Bonchev–Trinajstić information content (AvgIpc) is 2.61. The molecule has 0 heterocycles. The molecule has 6 heteroatoms. The fourth-order valence-electron chi connectivity index (χ4n) is 2.20. The lowest BCUT2D eigenvalue weighted by Crippen LogP contribution is -2.24. The number of carbonyl (C=O) groups is 1. The first kappa shape index (κ1) is 19.0. The van der Waals surface area contributed by atoms with E-state index in [-0.39, 0.29) is 12.5 Å². The van der Waals surface area contributed by atoms with Crippen LogP contribution in [0, 0.1) is 0 Å². The molecule has 1 amide bonds. The van der Waals surface area contributed by atoms with Crippen molar-refractivity contribution in [1.82, 2.24) is 5.43 Å². The molecule has 1 N–H and O–H groups in total. The van der Waals surface area contributed by atoms with Gasteiger partial charge in [-0.3, -0.25) is 4.79 Å². The zero-order valence-electron chi connectivity index (χ0n) is 14.3. The van der Waals surface area contributed by atoms with E-state index in [2.05, 4.69) is 33.4 Å². The van der Waals surface area contributed by atoms with E-state index in [1.807, 2.05) is 42.5 Å². The average molecular weight is 405 g/mol. The number of carbonyl (C=O) groups excluding carboxylic acids is 1. The van der Waals surface area contributed by atoms with Gasteiger partial charge in [0.1, 0.15) is 11.5 Å². The van der Waals surface area contributed by atoms with Crippen LogP contribution in [0.1, 0.15) is 24.5 Å². The minimum absolute atomic E-state index is 0.0971. The first-order valence-corrected chi connectivity index (χ1v) is 8.79. The van der Waals surface area contributed by atoms with Gasteiger partial charge in [-0.1, -0.05) is 41.4 Å². The Bertz CT molecular complexity index is 730. The van der Waals surface area contributed by atoms with Crippen molar-refractivity contribution in [3.8, 4) is 11.5 Å². The van der Waals surface area contributed by atoms with Gasteiger partial charge in [0, 0.05) is 10.0 Å². The van der Waals surface area contributed by atoms with Crippen LogP contribution in [0.5, 0.6) is 11.5 Å². The first-order valence-electron chi connectivity index (χ1n) is 7.99. The van der Waals surface area contributed by atoms with Crippen molar-refractivity contribution in [2.45, 2.75) is 19.8 Å². The summed E-state index contributed by atoms with van der Waals surface area (Å²) >= 11 is 3.39. The second-order valence-electron chi connectivity index (χ2n) is 5.36. The fraction of sp³-hybridized carbons (Fsp3) is 0.263. The van der Waals surface area contributed by atoms with Crippen LogP contribution in [0.25, 0.3) is 0 Å². The highest BCUT2D eigenvalue weighted by Gasteiger charge is 2.03. The van der Waals surface area contributed by atoms with Crippen LogP contribution in [-0.2, 0) is 11.2 Å². The zero-order valence-corrected chi connectivity index (χ0v) is 15.9. The van der Waals surface area contributed by atoms with Crippen LogP contribution in [0.4, 0.5) is 0 Å². The van der Waals surface area contributed by atoms with Crippen molar-refractivity contribution < 1.29 is 14.3 Å². The molecule has 0 unspecified atom stereocenters. The molecule has 0 saturated heterocycles. The number of amides is 1. The van der Waals surface area contributed by atoms with Gasteiger partial charge in [0.15, 0.2) is 6.61 Å². The summed E-state index contributed by atoms with van der Waals surface area (Å²) < 4.78 is 11.6. The second kappa shape index (κ2) is 9.84. The number of rotatable bonds is 8. The highest BCUT2D eigenvalue weighted by molar-refractivity contribution is 9.10. The molecule has 0 bridgehead atoms. The van der Waals surface area contributed by atoms with Crippen molar-refractivity contribution in [3.63, 3.8) is 0 Å². The van der Waals surface area contributed by atoms with Gasteiger partial charge in [-0.15, -0.1) is 0 Å². The van der Waals surface area contributed by atoms with E-state index in [1.54, 1.807) is 7.11 Å². The molecule has 132 valence electrons. The number of hydrogen-bond acceptors (Lipinski definition) is 4. The Morgan fingerprint density at radius 2 is 2.00 bits per heavy atom. The SMILES string of the molecule is CCCc1ccc(OCC(=O)N/N=C/c2cc(Br)ccc2OC)cc1. The predicted molar refractivity (Wildman–Crippen MR) is 102 cm³/mol. The Morgan fingerprint density at radius 3 is 2.68 bits per heavy atom. The number of aryl methyl sites for hydroxylation is 1. The number of halogens is 1. The quantitative estimate of drug-likeness (QED) is 0.535. The third kappa shape index (κ3) is 6.23. The largest absolute Gasteiger partial charge is 0.496 e. The molecular weight excluding hydrogens is 384 g/mol. The Kier molecular flexibility index (Phi) is 7.47. The monoisotopic (exact) mass is 404 g/mol. The molecule has 0 aliphatic heterocycles. The molecule has 2 aromatic rings. The van der Waals surface area contributed by atoms with E-state index >= 15 is 0 Å². The number of hydrogen-bond donors (Lipinski definition) is 1. The molecular formula is C19H21BrN2O3. The maximum atomic E-state index is 11.8. The molecule has 0 aromatic heterocycles. The lowest BCUT2D eigenvalue weighted by atomic mass is 10.1. The van der Waals surface area contributed by atoms with Gasteiger partial charge in [-0.05, 0) is 42.3 Å². The van der Waals surface area contributed by atoms with Crippen molar-refractivity contribution in [3.05, 3.63) is 58.1 Å². The molecule has 0 radical (unpaired) electrons. The van der Waals surface area contributed by atoms with Crippen molar-refractivity contribution in [2.75, 3.05) is 13.7 Å². The number of benzene rings is 2. The maximum Gasteiger partial charge on any atom is 0.277 e. The van der Waals surface area contributed by atoms with Crippen LogP contribution < -0.4 is 14.9 Å². The Labute approximate surface area is 156 Å². The lowest BCUT2D eigenvalue weighted by Gasteiger charge is -2.06. The third-order valence-corrected chi connectivity index (χ3v) is 3.91. The summed E-state index contributed by atoms with van der Waals surface area (Å²) in [7, 11) is 1.58. The minimum atomic E-state index is -0.331.